The van der Waals surface area contributed by atoms with Crippen LogP contribution in [-0.2, 0) is 16.4 Å². The van der Waals surface area contributed by atoms with E-state index in [-0.39, 0.29) is 6.04 Å². The van der Waals surface area contributed by atoms with Crippen molar-refractivity contribution in [1.82, 2.24) is 9.62 Å². The normalized spacial score (nSPS) is 21.1. The summed E-state index contributed by atoms with van der Waals surface area (Å²) in [5, 5.41) is 0. The van der Waals surface area contributed by atoms with E-state index in [2.05, 4.69) is 40.8 Å². The van der Waals surface area contributed by atoms with Gasteiger partial charge in [-0.25, -0.2) is 13.1 Å². The van der Waals surface area contributed by atoms with Crippen LogP contribution >= 0.6 is 0 Å². The van der Waals surface area contributed by atoms with Crippen molar-refractivity contribution in [3.63, 3.8) is 0 Å². The van der Waals surface area contributed by atoms with Gasteiger partial charge in [-0.3, -0.25) is 0 Å². The van der Waals surface area contributed by atoms with Gasteiger partial charge in [0.05, 0.1) is 4.90 Å². The third-order valence-electron chi connectivity index (χ3n) is 6.51. The van der Waals surface area contributed by atoms with Gasteiger partial charge in [0.15, 0.2) is 0 Å². The predicted octanol–water partition coefficient (Wildman–Crippen LogP) is 4.60. The summed E-state index contributed by atoms with van der Waals surface area (Å²) in [4.78, 5) is 2.93. The summed E-state index contributed by atoms with van der Waals surface area (Å²) in [7, 11) is -3.42. The Kier molecular flexibility index (Phi) is 6.38. The molecule has 1 saturated carbocycles. The van der Waals surface area contributed by atoms with Gasteiger partial charge in [-0.1, -0.05) is 49.2 Å². The van der Waals surface area contributed by atoms with Crippen LogP contribution in [0.15, 0.2) is 53.4 Å². The average Bonchev–Trinajstić information content (AvgIpc) is 3.38. The first-order chi connectivity index (χ1) is 14.0. The Morgan fingerprint density at radius 3 is 2.10 bits per heavy atom. The highest BCUT2D eigenvalue weighted by molar-refractivity contribution is 7.89. The molecule has 5 heteroatoms. The minimum absolute atomic E-state index is 0.0933. The summed E-state index contributed by atoms with van der Waals surface area (Å²) in [5.41, 5.74) is 3.52. The Morgan fingerprint density at radius 2 is 1.52 bits per heavy atom. The van der Waals surface area contributed by atoms with Crippen molar-refractivity contribution in [3.05, 3.63) is 54.1 Å². The highest BCUT2D eigenvalue weighted by Gasteiger charge is 2.23. The summed E-state index contributed by atoms with van der Waals surface area (Å²) in [5.74, 6) is 0. The number of likely N-dealkylation sites (tertiary alicyclic amines) is 1. The monoisotopic (exact) mass is 412 g/mol. The molecule has 2 aromatic carbocycles. The molecule has 1 atom stereocenters. The highest BCUT2D eigenvalue weighted by Crippen LogP contribution is 2.24. The molecule has 2 aromatic rings. The maximum Gasteiger partial charge on any atom is 0.240 e. The summed E-state index contributed by atoms with van der Waals surface area (Å²) in [6.07, 6.45) is 7.83. The van der Waals surface area contributed by atoms with E-state index in [1.807, 2.05) is 12.1 Å². The lowest BCUT2D eigenvalue weighted by Gasteiger charge is -2.20. The predicted molar refractivity (Wildman–Crippen MR) is 118 cm³/mol. The number of nitrogens with one attached hydrogen (secondary N) is 1. The van der Waals surface area contributed by atoms with Crippen LogP contribution in [-0.4, -0.2) is 38.5 Å². The zero-order valence-electron chi connectivity index (χ0n) is 17.3. The molecule has 29 heavy (non-hydrogen) atoms. The van der Waals surface area contributed by atoms with Gasteiger partial charge in [-0.15, -0.1) is 0 Å². The Bertz CT molecular complexity index is 901. The largest absolute Gasteiger partial charge is 0.300 e. The Morgan fingerprint density at radius 1 is 0.897 bits per heavy atom. The molecule has 4 rings (SSSR count). The number of hydrogen-bond donors (Lipinski definition) is 1. The molecule has 0 radical (unpaired) electrons. The lowest BCUT2D eigenvalue weighted by Crippen LogP contribution is -2.32. The molecule has 0 amide bonds. The summed E-state index contributed by atoms with van der Waals surface area (Å²) >= 11 is 0. The second-order valence-electron chi connectivity index (χ2n) is 8.60. The summed E-state index contributed by atoms with van der Waals surface area (Å²) in [6.45, 7) is 4.68. The van der Waals surface area contributed by atoms with E-state index >= 15 is 0 Å². The molecule has 2 aliphatic rings. The second-order valence-corrected chi connectivity index (χ2v) is 10.3. The lowest BCUT2D eigenvalue weighted by atomic mass is 10.0. The number of sulfonamides is 1. The molecule has 1 heterocycles. The van der Waals surface area contributed by atoms with E-state index < -0.39 is 10.0 Å². The lowest BCUT2D eigenvalue weighted by molar-refractivity contribution is 0.272. The van der Waals surface area contributed by atoms with Gasteiger partial charge in [-0.2, -0.15) is 0 Å². The van der Waals surface area contributed by atoms with Gasteiger partial charge in [0.1, 0.15) is 0 Å². The zero-order chi connectivity index (χ0) is 20.3. The molecule has 1 aliphatic heterocycles. The fourth-order valence-electron chi connectivity index (χ4n) is 4.62. The van der Waals surface area contributed by atoms with Crippen LogP contribution in [0.25, 0.3) is 11.1 Å². The van der Waals surface area contributed by atoms with Crippen LogP contribution in [0.2, 0.25) is 0 Å². The first-order valence-corrected chi connectivity index (χ1v) is 12.5. The molecule has 0 unspecified atom stereocenters. The second kappa shape index (κ2) is 8.99. The van der Waals surface area contributed by atoms with Gasteiger partial charge >= 0.3 is 0 Å². The third kappa shape index (κ3) is 5.08. The summed E-state index contributed by atoms with van der Waals surface area (Å²) < 4.78 is 28.0. The molecule has 0 bridgehead atoms. The van der Waals surface area contributed by atoms with E-state index in [1.165, 1.54) is 24.9 Å². The van der Waals surface area contributed by atoms with E-state index in [1.54, 1.807) is 12.1 Å². The molecule has 4 nitrogen and oxygen atoms in total. The van der Waals surface area contributed by atoms with Crippen LogP contribution in [0.1, 0.15) is 51.0 Å². The van der Waals surface area contributed by atoms with E-state index in [0.717, 1.165) is 49.8 Å². The molecule has 1 N–H and O–H groups in total. The van der Waals surface area contributed by atoms with Gasteiger partial charge in [0.2, 0.25) is 10.0 Å². The van der Waals surface area contributed by atoms with Crippen molar-refractivity contribution in [2.24, 2.45) is 0 Å². The topological polar surface area (TPSA) is 49.4 Å². The first kappa shape index (κ1) is 20.6. The minimum Gasteiger partial charge on any atom is -0.300 e. The maximum atomic E-state index is 12.6. The molecule has 156 valence electrons. The summed E-state index contributed by atoms with van der Waals surface area (Å²) in [6, 6.07) is 16.7. The zero-order valence-corrected chi connectivity index (χ0v) is 18.1. The standard InChI is InChI=1S/C24H32N2O2S/c1-19-5-4-17-26(19)18-16-20-8-10-21(11-9-20)22-12-14-24(15-13-22)29(27,28)25-23-6-2-3-7-23/h8-15,19,23,25H,2-7,16-18H2,1H3/t19-/m1/s1. The van der Waals surface area contributed by atoms with Crippen LogP contribution in [0, 0.1) is 0 Å². The molecular weight excluding hydrogens is 380 g/mol. The first-order valence-electron chi connectivity index (χ1n) is 11.0. The van der Waals surface area contributed by atoms with Gasteiger partial charge < -0.3 is 4.90 Å². The fraction of sp³-hybridized carbons (Fsp3) is 0.500. The van der Waals surface area contributed by atoms with Crippen molar-refractivity contribution in [2.45, 2.75) is 68.8 Å². The Hall–Kier alpha value is -1.69. The smallest absolute Gasteiger partial charge is 0.240 e. The molecule has 0 spiro atoms. The van der Waals surface area contributed by atoms with Crippen molar-refractivity contribution in [2.75, 3.05) is 13.1 Å². The third-order valence-corrected chi connectivity index (χ3v) is 8.04. The SMILES string of the molecule is C[C@@H]1CCCN1CCc1ccc(-c2ccc(S(=O)(=O)NC3CCCC3)cc2)cc1. The Labute approximate surface area is 175 Å². The van der Waals surface area contributed by atoms with Gasteiger partial charge in [0.25, 0.3) is 0 Å². The quantitative estimate of drug-likeness (QED) is 0.723. The van der Waals surface area contributed by atoms with Crippen LogP contribution < -0.4 is 4.72 Å². The van der Waals surface area contributed by atoms with Crippen molar-refractivity contribution in [1.29, 1.82) is 0 Å². The van der Waals surface area contributed by atoms with E-state index in [4.69, 9.17) is 0 Å². The van der Waals surface area contributed by atoms with Crippen LogP contribution in [0.3, 0.4) is 0 Å². The van der Waals surface area contributed by atoms with Gasteiger partial charge in [-0.05, 0) is 74.4 Å². The maximum absolute atomic E-state index is 12.6. The molecule has 1 saturated heterocycles. The van der Waals surface area contributed by atoms with Crippen LogP contribution in [0.5, 0.6) is 0 Å². The molecular formula is C24H32N2O2S. The van der Waals surface area contributed by atoms with Gasteiger partial charge in [0, 0.05) is 18.6 Å². The van der Waals surface area contributed by atoms with Crippen molar-refractivity contribution < 1.29 is 8.42 Å². The van der Waals surface area contributed by atoms with Crippen molar-refractivity contribution in [3.8, 4) is 11.1 Å². The number of benzene rings is 2. The molecule has 0 aromatic heterocycles. The molecule has 2 fully saturated rings. The number of hydrogen-bond acceptors (Lipinski definition) is 3. The van der Waals surface area contributed by atoms with E-state index in [0.29, 0.717) is 10.9 Å². The Balaban J connectivity index is 1.38. The number of nitrogens with zero attached hydrogens (tertiary/aromatic N) is 1. The van der Waals surface area contributed by atoms with Crippen molar-refractivity contribution >= 4 is 10.0 Å². The highest BCUT2D eigenvalue weighted by atomic mass is 32.2. The van der Waals surface area contributed by atoms with E-state index in [9.17, 15) is 8.42 Å². The average molecular weight is 413 g/mol. The van der Waals surface area contributed by atoms with Crippen LogP contribution in [0.4, 0.5) is 0 Å². The minimum atomic E-state index is -3.42. The fourth-order valence-corrected chi connectivity index (χ4v) is 5.92. The molecule has 1 aliphatic carbocycles. The number of rotatable bonds is 7.